The van der Waals surface area contributed by atoms with Crippen LogP contribution < -0.4 is 0 Å². The quantitative estimate of drug-likeness (QED) is 0.102. The van der Waals surface area contributed by atoms with Gasteiger partial charge < -0.3 is 84.6 Å². The van der Waals surface area contributed by atoms with Gasteiger partial charge in [-0.2, -0.15) is 0 Å². The lowest BCUT2D eigenvalue weighted by Gasteiger charge is -2.65. The molecule has 4 aliphatic carbocycles. The number of hydrogen-bond acceptors (Lipinski definition) is 18. The summed E-state index contributed by atoms with van der Waals surface area (Å²) in [7, 11) is 0. The van der Waals surface area contributed by atoms with E-state index in [1.54, 1.807) is 0 Å². The molecule has 6 fully saturated rings. The minimum Gasteiger partial charge on any atom is -0.394 e. The standard InChI is InChI=1S/C48H78O18/c1-22(20-61-42-40(59)38(57)35(54)29(65-42)21-62-43-39(58)36(55)33(52)27(18-49)63-43)9-8-10-23(2)24-15-16-46(5)30-13-11-25-26(48(30,7)31(51)17-47(24,46)6)12-14-32(45(25,3)4)66-44-41(60)37(56)34(53)28(19-50)64-44/h9,11,23-24,26-30,32-44,49-50,52-60H,8,10,12-21H2,1-7H3/b22-9-/t23-,24+,26+,27+,28+,29+,30+,32-,33+,34+,35+,36-,37-,38-,39+,40+,41+,42+,43+,44-,46-,47+,48-/m0/s1. The average Bonchev–Trinajstić information content (AvgIpc) is 3.55. The van der Waals surface area contributed by atoms with Crippen LogP contribution >= 0.6 is 0 Å². The fourth-order valence-electron chi connectivity index (χ4n) is 13.6. The van der Waals surface area contributed by atoms with E-state index in [4.69, 9.17) is 28.4 Å². The van der Waals surface area contributed by atoms with E-state index >= 15 is 0 Å². The summed E-state index contributed by atoms with van der Waals surface area (Å²) in [5.74, 6) is 1.12. The Morgan fingerprint density at radius 1 is 0.727 bits per heavy atom. The number of rotatable bonds is 14. The van der Waals surface area contributed by atoms with Gasteiger partial charge in [-0.25, -0.2) is 0 Å². The van der Waals surface area contributed by atoms with Crippen LogP contribution in [0.15, 0.2) is 23.3 Å². The Morgan fingerprint density at radius 3 is 1.88 bits per heavy atom. The van der Waals surface area contributed by atoms with Crippen LogP contribution in [0.3, 0.4) is 0 Å². The number of allylic oxidation sites excluding steroid dienone is 2. The zero-order valence-electron chi connectivity index (χ0n) is 39.5. The number of fused-ring (bicyclic) bond motifs is 5. The van der Waals surface area contributed by atoms with E-state index in [0.717, 1.165) is 37.7 Å². The SMILES string of the molecule is C/C(=C/CC[C@H](C)[C@H]1CC[C@@]2(C)[C@H]3CC=C4[C@@H](CC[C@H](O[C@@H]5O[C@H](CO)[C@@H](O)[C@H](O)[C@H]5O)C4(C)C)[C@]3(C)C(=O)C[C@]12C)CO[C@@H]1O[C@H](CO[C@@H]2O[C@H](CO)[C@@H](O)[C@H](O)[C@H]2O)[C@@H](O)[C@H](O)[C@H]1O. The van der Waals surface area contributed by atoms with Crippen LogP contribution in [0, 0.1) is 45.3 Å². The van der Waals surface area contributed by atoms with Crippen molar-refractivity contribution in [1.29, 1.82) is 0 Å². The molecule has 3 saturated carbocycles. The van der Waals surface area contributed by atoms with Crippen molar-refractivity contribution in [3.05, 3.63) is 23.3 Å². The normalized spacial score (nSPS) is 50.0. The summed E-state index contributed by atoms with van der Waals surface area (Å²) in [6, 6.07) is 0. The van der Waals surface area contributed by atoms with Gasteiger partial charge in [-0.05, 0) is 86.4 Å². The zero-order valence-corrected chi connectivity index (χ0v) is 39.5. The van der Waals surface area contributed by atoms with Gasteiger partial charge in [0.1, 0.15) is 79.0 Å². The van der Waals surface area contributed by atoms with Crippen molar-refractivity contribution in [3.63, 3.8) is 0 Å². The number of Topliss-reactive ketones (excluding diaryl/α,β-unsaturated/α-hetero) is 1. The molecule has 0 radical (unpaired) electrons. The largest absolute Gasteiger partial charge is 0.394 e. The number of carbonyl (C=O) groups is 1. The van der Waals surface area contributed by atoms with Gasteiger partial charge in [0.05, 0.1) is 32.5 Å². The highest BCUT2D eigenvalue weighted by Gasteiger charge is 2.70. The summed E-state index contributed by atoms with van der Waals surface area (Å²) in [4.78, 5) is 14.9. The van der Waals surface area contributed by atoms with Gasteiger partial charge in [0.25, 0.3) is 0 Å². The molecule has 0 aromatic heterocycles. The summed E-state index contributed by atoms with van der Waals surface area (Å²) in [6.45, 7) is 13.7. The Balaban J connectivity index is 0.945. The van der Waals surface area contributed by atoms with Crippen molar-refractivity contribution in [1.82, 2.24) is 0 Å². The highest BCUT2D eigenvalue weighted by atomic mass is 16.7. The van der Waals surface area contributed by atoms with Crippen LogP contribution in [-0.4, -0.2) is 187 Å². The number of hydrogen-bond donors (Lipinski definition) is 11. The molecule has 3 heterocycles. The molecule has 0 aromatic carbocycles. The summed E-state index contributed by atoms with van der Waals surface area (Å²) >= 11 is 0. The zero-order chi connectivity index (χ0) is 48.4. The minimum absolute atomic E-state index is 0.0192. The molecule has 18 heteroatoms. The fraction of sp³-hybridized carbons (Fsp3) is 0.896. The lowest BCUT2D eigenvalue weighted by molar-refractivity contribution is -0.330. The van der Waals surface area contributed by atoms with Gasteiger partial charge in [0, 0.05) is 17.3 Å². The number of aliphatic hydroxyl groups excluding tert-OH is 11. The maximum Gasteiger partial charge on any atom is 0.187 e. The Morgan fingerprint density at radius 2 is 1.27 bits per heavy atom. The van der Waals surface area contributed by atoms with Crippen LogP contribution in [0.2, 0.25) is 0 Å². The van der Waals surface area contributed by atoms with Gasteiger partial charge in [-0.15, -0.1) is 0 Å². The molecule has 0 amide bonds. The van der Waals surface area contributed by atoms with Gasteiger partial charge >= 0.3 is 0 Å². The Kier molecular flexibility index (Phi) is 15.8. The topological polar surface area (TPSA) is 295 Å². The number of ether oxygens (including phenoxy) is 6. The third-order valence-electron chi connectivity index (χ3n) is 18.0. The van der Waals surface area contributed by atoms with Crippen molar-refractivity contribution in [2.75, 3.05) is 26.4 Å². The van der Waals surface area contributed by atoms with Crippen molar-refractivity contribution in [3.8, 4) is 0 Å². The number of carbonyl (C=O) groups excluding carboxylic acids is 1. The first-order valence-corrected chi connectivity index (χ1v) is 24.1. The molecule has 66 heavy (non-hydrogen) atoms. The highest BCUT2D eigenvalue weighted by molar-refractivity contribution is 5.88. The highest BCUT2D eigenvalue weighted by Crippen LogP contribution is 2.74. The molecule has 18 nitrogen and oxygen atoms in total. The van der Waals surface area contributed by atoms with E-state index in [1.807, 2.05) is 6.92 Å². The van der Waals surface area contributed by atoms with Crippen LogP contribution in [-0.2, 0) is 33.2 Å². The molecule has 7 aliphatic rings. The molecular formula is C48H78O18. The van der Waals surface area contributed by atoms with Gasteiger partial charge in [0.2, 0.25) is 0 Å². The molecule has 0 bridgehead atoms. The van der Waals surface area contributed by atoms with E-state index < -0.39 is 129 Å². The maximum atomic E-state index is 14.9. The lowest BCUT2D eigenvalue weighted by Crippen LogP contribution is -2.64. The van der Waals surface area contributed by atoms with E-state index in [-0.39, 0.29) is 29.3 Å². The molecule has 3 aliphatic heterocycles. The van der Waals surface area contributed by atoms with E-state index in [0.29, 0.717) is 36.9 Å². The van der Waals surface area contributed by atoms with Gasteiger partial charge in [-0.3, -0.25) is 4.79 Å². The molecular weight excluding hydrogens is 865 g/mol. The van der Waals surface area contributed by atoms with Crippen LogP contribution in [0.25, 0.3) is 0 Å². The number of ketones is 1. The van der Waals surface area contributed by atoms with Crippen molar-refractivity contribution < 1.29 is 89.4 Å². The summed E-state index contributed by atoms with van der Waals surface area (Å²) < 4.78 is 34.7. The smallest absolute Gasteiger partial charge is 0.187 e. The average molecular weight is 943 g/mol. The number of aliphatic hydroxyl groups is 11. The monoisotopic (exact) mass is 943 g/mol. The molecule has 0 spiro atoms. The van der Waals surface area contributed by atoms with Crippen LogP contribution in [0.1, 0.15) is 99.8 Å². The second-order valence-electron chi connectivity index (χ2n) is 21.9. The van der Waals surface area contributed by atoms with Crippen molar-refractivity contribution in [2.24, 2.45) is 45.3 Å². The summed E-state index contributed by atoms with van der Waals surface area (Å²) in [5.41, 5.74) is 0.660. The minimum atomic E-state index is -1.67. The maximum absolute atomic E-state index is 14.9. The molecule has 378 valence electrons. The van der Waals surface area contributed by atoms with E-state index in [9.17, 15) is 61.0 Å². The first kappa shape index (κ1) is 52.3. The Labute approximate surface area is 387 Å². The lowest BCUT2D eigenvalue weighted by atomic mass is 9.38. The molecule has 11 N–H and O–H groups in total. The third-order valence-corrected chi connectivity index (χ3v) is 18.0. The molecule has 0 unspecified atom stereocenters. The fourth-order valence-corrected chi connectivity index (χ4v) is 13.6. The molecule has 7 rings (SSSR count). The predicted octanol–water partition coefficient (Wildman–Crippen LogP) is -0.0410. The predicted molar refractivity (Wildman–Crippen MR) is 233 cm³/mol. The Bertz CT molecular complexity index is 1760. The summed E-state index contributed by atoms with van der Waals surface area (Å²) in [5, 5.41) is 113. The molecule has 0 aromatic rings. The first-order chi connectivity index (χ1) is 31.0. The second kappa shape index (κ2) is 19.9. The molecule has 23 atom stereocenters. The van der Waals surface area contributed by atoms with Gasteiger partial charge in [-0.1, -0.05) is 64.8 Å². The van der Waals surface area contributed by atoms with Gasteiger partial charge in [0.15, 0.2) is 18.9 Å². The van der Waals surface area contributed by atoms with Crippen LogP contribution in [0.4, 0.5) is 0 Å². The Hall–Kier alpha value is -1.53. The van der Waals surface area contributed by atoms with E-state index in [2.05, 4.69) is 53.7 Å². The summed E-state index contributed by atoms with van der Waals surface area (Å²) in [6.07, 6.45) is -11.5. The third kappa shape index (κ3) is 8.94. The molecule has 3 saturated heterocycles. The first-order valence-electron chi connectivity index (χ1n) is 24.1. The van der Waals surface area contributed by atoms with E-state index in [1.165, 1.54) is 5.57 Å². The second-order valence-corrected chi connectivity index (χ2v) is 21.9. The van der Waals surface area contributed by atoms with Crippen LogP contribution in [0.5, 0.6) is 0 Å². The van der Waals surface area contributed by atoms with Crippen molar-refractivity contribution >= 4 is 5.78 Å². The van der Waals surface area contributed by atoms with Crippen molar-refractivity contribution in [2.45, 2.75) is 198 Å².